The molecule has 1 aliphatic rings. The van der Waals surface area contributed by atoms with E-state index in [4.69, 9.17) is 11.6 Å². The van der Waals surface area contributed by atoms with Crippen molar-refractivity contribution < 1.29 is 14.0 Å². The van der Waals surface area contributed by atoms with Crippen LogP contribution in [-0.4, -0.2) is 11.8 Å². The molecule has 0 atom stereocenters. The Morgan fingerprint density at radius 1 is 1.17 bits per heavy atom. The fourth-order valence-corrected chi connectivity index (χ4v) is 2.93. The summed E-state index contributed by atoms with van der Waals surface area (Å²) in [6.07, 6.45) is 1.95. The SMILES string of the molecule is O=C1CCCCC(=O)N1c1c(Cl)cc(F)cc1Br. The number of benzene rings is 1. The lowest BCUT2D eigenvalue weighted by molar-refractivity contribution is -0.125. The summed E-state index contributed by atoms with van der Waals surface area (Å²) in [7, 11) is 0. The van der Waals surface area contributed by atoms with Crippen LogP contribution in [0.4, 0.5) is 10.1 Å². The minimum absolute atomic E-state index is 0.0467. The van der Waals surface area contributed by atoms with Crippen molar-refractivity contribution in [2.24, 2.45) is 0 Å². The fourth-order valence-electron chi connectivity index (χ4n) is 1.91. The Morgan fingerprint density at radius 2 is 1.72 bits per heavy atom. The first kappa shape index (κ1) is 13.5. The average Bonchev–Trinajstić information content (AvgIpc) is 2.42. The summed E-state index contributed by atoms with van der Waals surface area (Å²) in [5.41, 5.74) is 0.231. The topological polar surface area (TPSA) is 37.4 Å². The van der Waals surface area contributed by atoms with Crippen LogP contribution in [0.25, 0.3) is 0 Å². The Bertz CT molecular complexity index is 480. The molecule has 18 heavy (non-hydrogen) atoms. The van der Waals surface area contributed by atoms with Gasteiger partial charge in [0.1, 0.15) is 5.82 Å². The van der Waals surface area contributed by atoms with Gasteiger partial charge in [0, 0.05) is 17.3 Å². The minimum Gasteiger partial charge on any atom is -0.274 e. The van der Waals surface area contributed by atoms with E-state index in [1.165, 1.54) is 6.07 Å². The van der Waals surface area contributed by atoms with Gasteiger partial charge in [-0.2, -0.15) is 0 Å². The Balaban J connectivity index is 2.52. The molecule has 0 N–H and O–H groups in total. The molecule has 96 valence electrons. The molecule has 1 aromatic carbocycles. The van der Waals surface area contributed by atoms with Gasteiger partial charge >= 0.3 is 0 Å². The Labute approximate surface area is 117 Å². The quantitative estimate of drug-likeness (QED) is 0.735. The number of rotatable bonds is 1. The highest BCUT2D eigenvalue weighted by Gasteiger charge is 2.29. The van der Waals surface area contributed by atoms with Crippen LogP contribution >= 0.6 is 27.5 Å². The molecule has 2 amide bonds. The van der Waals surface area contributed by atoms with E-state index in [1.807, 2.05) is 0 Å². The molecule has 0 aromatic heterocycles. The van der Waals surface area contributed by atoms with Crippen molar-refractivity contribution in [1.29, 1.82) is 0 Å². The van der Waals surface area contributed by atoms with Crippen molar-refractivity contribution in [1.82, 2.24) is 0 Å². The number of carbonyl (C=O) groups is 2. The maximum absolute atomic E-state index is 13.1. The number of amides is 2. The number of nitrogens with zero attached hydrogens (tertiary/aromatic N) is 1. The van der Waals surface area contributed by atoms with E-state index in [9.17, 15) is 14.0 Å². The van der Waals surface area contributed by atoms with Gasteiger partial charge in [-0.1, -0.05) is 11.6 Å². The normalized spacial score (nSPS) is 16.9. The van der Waals surface area contributed by atoms with Gasteiger partial charge in [0.05, 0.1) is 10.7 Å². The summed E-state index contributed by atoms with van der Waals surface area (Å²) >= 11 is 9.08. The summed E-state index contributed by atoms with van der Waals surface area (Å²) in [4.78, 5) is 24.9. The lowest BCUT2D eigenvalue weighted by Crippen LogP contribution is -2.35. The Hall–Kier alpha value is -0.940. The highest BCUT2D eigenvalue weighted by molar-refractivity contribution is 9.10. The lowest BCUT2D eigenvalue weighted by Gasteiger charge is -2.21. The van der Waals surface area contributed by atoms with Crippen molar-refractivity contribution in [2.75, 3.05) is 4.90 Å². The summed E-state index contributed by atoms with van der Waals surface area (Å²) in [5.74, 6) is -1.12. The molecule has 0 spiro atoms. The molecule has 1 fully saturated rings. The van der Waals surface area contributed by atoms with Gasteiger partial charge < -0.3 is 0 Å². The summed E-state index contributed by atoms with van der Waals surface area (Å²) < 4.78 is 13.4. The minimum atomic E-state index is -0.523. The maximum Gasteiger partial charge on any atom is 0.233 e. The third kappa shape index (κ3) is 2.57. The molecule has 2 rings (SSSR count). The first-order chi connectivity index (χ1) is 8.50. The molecular formula is C12H10BrClFNO2. The van der Waals surface area contributed by atoms with Crippen molar-refractivity contribution in [3.8, 4) is 0 Å². The van der Waals surface area contributed by atoms with E-state index in [0.717, 1.165) is 11.0 Å². The number of anilines is 1. The van der Waals surface area contributed by atoms with Crippen LogP contribution in [-0.2, 0) is 9.59 Å². The highest BCUT2D eigenvalue weighted by atomic mass is 79.9. The first-order valence-electron chi connectivity index (χ1n) is 5.51. The van der Waals surface area contributed by atoms with Crippen molar-refractivity contribution in [3.63, 3.8) is 0 Å². The molecular weight excluding hydrogens is 324 g/mol. The van der Waals surface area contributed by atoms with Crippen LogP contribution in [0.1, 0.15) is 25.7 Å². The van der Waals surface area contributed by atoms with Gasteiger partial charge in [-0.25, -0.2) is 9.29 Å². The molecule has 1 heterocycles. The maximum atomic E-state index is 13.1. The third-order valence-corrected chi connectivity index (χ3v) is 3.63. The molecule has 0 bridgehead atoms. The summed E-state index contributed by atoms with van der Waals surface area (Å²) in [6.45, 7) is 0. The molecule has 1 aromatic rings. The number of halogens is 3. The van der Waals surface area contributed by atoms with Gasteiger partial charge in [-0.05, 0) is 40.9 Å². The second-order valence-electron chi connectivity index (χ2n) is 4.05. The van der Waals surface area contributed by atoms with Gasteiger partial charge in [0.2, 0.25) is 11.8 Å². The van der Waals surface area contributed by atoms with E-state index in [-0.39, 0.29) is 22.5 Å². The predicted molar refractivity (Wildman–Crippen MR) is 70.1 cm³/mol. The van der Waals surface area contributed by atoms with Gasteiger partial charge in [0.15, 0.2) is 0 Å². The zero-order valence-corrected chi connectivity index (χ0v) is 11.7. The van der Waals surface area contributed by atoms with Crippen LogP contribution in [0.2, 0.25) is 5.02 Å². The number of imide groups is 1. The van der Waals surface area contributed by atoms with E-state index in [1.54, 1.807) is 0 Å². The van der Waals surface area contributed by atoms with Crippen LogP contribution < -0.4 is 4.90 Å². The van der Waals surface area contributed by atoms with Gasteiger partial charge in [0.25, 0.3) is 0 Å². The molecule has 1 aliphatic heterocycles. The van der Waals surface area contributed by atoms with Crippen LogP contribution in [0.15, 0.2) is 16.6 Å². The zero-order chi connectivity index (χ0) is 13.3. The third-order valence-electron chi connectivity index (χ3n) is 2.74. The van der Waals surface area contributed by atoms with E-state index in [2.05, 4.69) is 15.9 Å². The van der Waals surface area contributed by atoms with Gasteiger partial charge in [-0.15, -0.1) is 0 Å². The largest absolute Gasteiger partial charge is 0.274 e. The lowest BCUT2D eigenvalue weighted by atomic mass is 10.2. The summed E-state index contributed by atoms with van der Waals surface area (Å²) in [6, 6.07) is 2.28. The van der Waals surface area contributed by atoms with Crippen molar-refractivity contribution in [3.05, 3.63) is 27.4 Å². The average molecular weight is 335 g/mol. The highest BCUT2D eigenvalue weighted by Crippen LogP contribution is 2.36. The summed E-state index contributed by atoms with van der Waals surface area (Å²) in [5, 5.41) is 0.0467. The number of hydrogen-bond donors (Lipinski definition) is 0. The van der Waals surface area contributed by atoms with E-state index >= 15 is 0 Å². The molecule has 0 unspecified atom stereocenters. The first-order valence-corrected chi connectivity index (χ1v) is 6.68. The zero-order valence-electron chi connectivity index (χ0n) is 9.38. The van der Waals surface area contributed by atoms with Crippen LogP contribution in [0.3, 0.4) is 0 Å². The Kier molecular flexibility index (Phi) is 4.02. The standard InChI is InChI=1S/C12H10BrClFNO2/c13-8-5-7(15)6-9(14)12(8)16-10(17)3-1-2-4-11(16)18/h5-6H,1-4H2. The second kappa shape index (κ2) is 5.36. The van der Waals surface area contributed by atoms with Crippen molar-refractivity contribution in [2.45, 2.75) is 25.7 Å². The molecule has 0 aliphatic carbocycles. The molecule has 6 heteroatoms. The second-order valence-corrected chi connectivity index (χ2v) is 5.31. The van der Waals surface area contributed by atoms with E-state index < -0.39 is 5.82 Å². The predicted octanol–water partition coefficient (Wildman–Crippen LogP) is 3.68. The van der Waals surface area contributed by atoms with Crippen LogP contribution in [0.5, 0.6) is 0 Å². The monoisotopic (exact) mass is 333 g/mol. The smallest absolute Gasteiger partial charge is 0.233 e. The number of carbonyl (C=O) groups excluding carboxylic acids is 2. The van der Waals surface area contributed by atoms with Crippen LogP contribution in [0, 0.1) is 5.82 Å². The molecule has 0 radical (unpaired) electrons. The molecule has 0 saturated carbocycles. The number of hydrogen-bond acceptors (Lipinski definition) is 2. The van der Waals surface area contributed by atoms with Gasteiger partial charge in [-0.3, -0.25) is 9.59 Å². The van der Waals surface area contributed by atoms with E-state index in [0.29, 0.717) is 30.2 Å². The molecule has 3 nitrogen and oxygen atoms in total. The fraction of sp³-hybridized carbons (Fsp3) is 0.333. The Morgan fingerprint density at radius 3 is 2.22 bits per heavy atom. The van der Waals surface area contributed by atoms with Crippen molar-refractivity contribution >= 4 is 45.0 Å². The molecule has 1 saturated heterocycles.